The standard InChI is InChI=1S/C14H20N2O/c1-3-4-9-14(17)16-11-10-15(2)12-7-5-6-8-13(12)16/h5-8H,3-4,9-11H2,1-2H3. The monoisotopic (exact) mass is 232 g/mol. The number of anilines is 2. The number of nitrogens with zero attached hydrogens (tertiary/aromatic N) is 2. The van der Waals surface area contributed by atoms with Crippen LogP contribution in [0.3, 0.4) is 0 Å². The minimum atomic E-state index is 0.257. The number of likely N-dealkylation sites (N-methyl/N-ethyl adjacent to an activating group) is 1. The average molecular weight is 232 g/mol. The Balaban J connectivity index is 2.21. The number of benzene rings is 1. The van der Waals surface area contributed by atoms with Gasteiger partial charge < -0.3 is 9.80 Å². The molecule has 2 rings (SSSR count). The van der Waals surface area contributed by atoms with Gasteiger partial charge in [0.15, 0.2) is 0 Å². The van der Waals surface area contributed by atoms with E-state index < -0.39 is 0 Å². The number of para-hydroxylation sites is 2. The molecule has 3 nitrogen and oxygen atoms in total. The molecule has 1 aliphatic rings. The highest BCUT2D eigenvalue weighted by Gasteiger charge is 2.23. The number of unbranched alkanes of at least 4 members (excludes halogenated alkanes) is 1. The van der Waals surface area contributed by atoms with Gasteiger partial charge in [0, 0.05) is 26.6 Å². The number of amides is 1. The Hall–Kier alpha value is -1.51. The number of fused-ring (bicyclic) bond motifs is 1. The summed E-state index contributed by atoms with van der Waals surface area (Å²) in [5.41, 5.74) is 2.21. The molecule has 1 heterocycles. The number of carbonyl (C=O) groups is 1. The van der Waals surface area contributed by atoms with Gasteiger partial charge in [-0.15, -0.1) is 0 Å². The van der Waals surface area contributed by atoms with Crippen molar-refractivity contribution in [2.24, 2.45) is 0 Å². The highest BCUT2D eigenvalue weighted by molar-refractivity contribution is 5.97. The Morgan fingerprint density at radius 1 is 1.24 bits per heavy atom. The Morgan fingerprint density at radius 3 is 2.65 bits per heavy atom. The van der Waals surface area contributed by atoms with Gasteiger partial charge in [0.25, 0.3) is 0 Å². The molecule has 92 valence electrons. The minimum absolute atomic E-state index is 0.257. The third kappa shape index (κ3) is 2.43. The molecule has 0 bridgehead atoms. The molecule has 1 amide bonds. The van der Waals surface area contributed by atoms with Crippen molar-refractivity contribution in [3.63, 3.8) is 0 Å². The summed E-state index contributed by atoms with van der Waals surface area (Å²) in [5, 5.41) is 0. The first-order chi connectivity index (χ1) is 8.24. The molecule has 0 saturated carbocycles. The predicted octanol–water partition coefficient (Wildman–Crippen LogP) is 2.66. The Labute approximate surface area is 103 Å². The zero-order valence-electron chi connectivity index (χ0n) is 10.6. The van der Waals surface area contributed by atoms with E-state index in [1.807, 2.05) is 23.1 Å². The summed E-state index contributed by atoms with van der Waals surface area (Å²) in [6.45, 7) is 3.83. The maximum absolute atomic E-state index is 12.1. The van der Waals surface area contributed by atoms with Crippen molar-refractivity contribution in [3.05, 3.63) is 24.3 Å². The molecule has 3 heteroatoms. The fraction of sp³-hybridized carbons (Fsp3) is 0.500. The second kappa shape index (κ2) is 5.21. The molecular weight excluding hydrogens is 212 g/mol. The minimum Gasteiger partial charge on any atom is -0.371 e. The second-order valence-electron chi connectivity index (χ2n) is 4.56. The fourth-order valence-electron chi connectivity index (χ4n) is 2.23. The number of hydrogen-bond acceptors (Lipinski definition) is 2. The highest BCUT2D eigenvalue weighted by atomic mass is 16.2. The van der Waals surface area contributed by atoms with Gasteiger partial charge in [-0.05, 0) is 18.6 Å². The van der Waals surface area contributed by atoms with Crippen molar-refractivity contribution in [1.29, 1.82) is 0 Å². The first kappa shape index (κ1) is 12.0. The van der Waals surface area contributed by atoms with Gasteiger partial charge in [-0.25, -0.2) is 0 Å². The van der Waals surface area contributed by atoms with E-state index in [0.717, 1.165) is 37.3 Å². The van der Waals surface area contributed by atoms with Crippen molar-refractivity contribution in [2.75, 3.05) is 29.9 Å². The summed E-state index contributed by atoms with van der Waals surface area (Å²) >= 11 is 0. The molecule has 0 aliphatic carbocycles. The summed E-state index contributed by atoms with van der Waals surface area (Å²) in [4.78, 5) is 16.3. The number of hydrogen-bond donors (Lipinski definition) is 0. The number of rotatable bonds is 3. The largest absolute Gasteiger partial charge is 0.371 e. The maximum Gasteiger partial charge on any atom is 0.227 e. The van der Waals surface area contributed by atoms with Crippen LogP contribution in [0.4, 0.5) is 11.4 Å². The van der Waals surface area contributed by atoms with E-state index in [-0.39, 0.29) is 5.91 Å². The van der Waals surface area contributed by atoms with Crippen molar-refractivity contribution < 1.29 is 4.79 Å². The molecule has 0 spiro atoms. The van der Waals surface area contributed by atoms with Crippen LogP contribution in [0.15, 0.2) is 24.3 Å². The molecule has 0 N–H and O–H groups in total. The smallest absolute Gasteiger partial charge is 0.227 e. The van der Waals surface area contributed by atoms with Crippen LogP contribution in [-0.4, -0.2) is 26.0 Å². The van der Waals surface area contributed by atoms with E-state index in [0.29, 0.717) is 6.42 Å². The molecule has 1 aromatic rings. The van der Waals surface area contributed by atoms with Crippen LogP contribution in [0.25, 0.3) is 0 Å². The molecule has 0 fully saturated rings. The summed E-state index contributed by atoms with van der Waals surface area (Å²) in [7, 11) is 2.08. The number of carbonyl (C=O) groups excluding carboxylic acids is 1. The third-order valence-electron chi connectivity index (χ3n) is 3.29. The van der Waals surface area contributed by atoms with Gasteiger partial charge in [0.2, 0.25) is 5.91 Å². The lowest BCUT2D eigenvalue weighted by molar-refractivity contribution is -0.118. The lowest BCUT2D eigenvalue weighted by atomic mass is 10.1. The van der Waals surface area contributed by atoms with Crippen molar-refractivity contribution in [3.8, 4) is 0 Å². The van der Waals surface area contributed by atoms with Gasteiger partial charge in [0.05, 0.1) is 11.4 Å². The summed E-state index contributed by atoms with van der Waals surface area (Å²) in [5.74, 6) is 0.257. The van der Waals surface area contributed by atoms with Gasteiger partial charge in [-0.2, -0.15) is 0 Å². The van der Waals surface area contributed by atoms with Crippen molar-refractivity contribution in [1.82, 2.24) is 0 Å². The topological polar surface area (TPSA) is 23.6 Å². The molecular formula is C14H20N2O. The van der Waals surface area contributed by atoms with Crippen LogP contribution < -0.4 is 9.80 Å². The predicted molar refractivity (Wildman–Crippen MR) is 71.6 cm³/mol. The first-order valence-corrected chi connectivity index (χ1v) is 6.34. The molecule has 0 atom stereocenters. The molecule has 0 saturated heterocycles. The SMILES string of the molecule is CCCCC(=O)N1CCN(C)c2ccccc21. The summed E-state index contributed by atoms with van der Waals surface area (Å²) in [6.07, 6.45) is 2.71. The molecule has 0 radical (unpaired) electrons. The summed E-state index contributed by atoms with van der Waals surface area (Å²) in [6, 6.07) is 8.14. The maximum atomic E-state index is 12.1. The van der Waals surface area contributed by atoms with E-state index in [1.165, 1.54) is 0 Å². The highest BCUT2D eigenvalue weighted by Crippen LogP contribution is 2.32. The van der Waals surface area contributed by atoms with Gasteiger partial charge in [0.1, 0.15) is 0 Å². The Morgan fingerprint density at radius 2 is 1.94 bits per heavy atom. The van der Waals surface area contributed by atoms with E-state index in [1.54, 1.807) is 0 Å². The van der Waals surface area contributed by atoms with Crippen LogP contribution in [0.2, 0.25) is 0 Å². The average Bonchev–Trinajstić information content (AvgIpc) is 2.37. The molecule has 0 unspecified atom stereocenters. The second-order valence-corrected chi connectivity index (χ2v) is 4.56. The zero-order valence-corrected chi connectivity index (χ0v) is 10.6. The molecule has 1 aromatic carbocycles. The van der Waals surface area contributed by atoms with Crippen molar-refractivity contribution in [2.45, 2.75) is 26.2 Å². The molecule has 1 aliphatic heterocycles. The quantitative estimate of drug-likeness (QED) is 0.800. The van der Waals surface area contributed by atoms with E-state index in [4.69, 9.17) is 0 Å². The van der Waals surface area contributed by atoms with Crippen LogP contribution in [-0.2, 0) is 4.79 Å². The fourth-order valence-corrected chi connectivity index (χ4v) is 2.23. The van der Waals surface area contributed by atoms with E-state index in [9.17, 15) is 4.79 Å². The lowest BCUT2D eigenvalue weighted by Gasteiger charge is -2.35. The van der Waals surface area contributed by atoms with Gasteiger partial charge >= 0.3 is 0 Å². The molecule has 17 heavy (non-hydrogen) atoms. The van der Waals surface area contributed by atoms with Gasteiger partial charge in [-0.1, -0.05) is 25.5 Å². The Bertz CT molecular complexity index is 403. The Kier molecular flexibility index (Phi) is 3.67. The molecule has 0 aromatic heterocycles. The van der Waals surface area contributed by atoms with E-state index >= 15 is 0 Å². The third-order valence-corrected chi connectivity index (χ3v) is 3.29. The first-order valence-electron chi connectivity index (χ1n) is 6.34. The summed E-state index contributed by atoms with van der Waals surface area (Å²) < 4.78 is 0. The normalized spacial score (nSPS) is 14.7. The van der Waals surface area contributed by atoms with Crippen LogP contribution in [0, 0.1) is 0 Å². The van der Waals surface area contributed by atoms with Crippen molar-refractivity contribution >= 4 is 17.3 Å². The van der Waals surface area contributed by atoms with Crippen LogP contribution in [0.1, 0.15) is 26.2 Å². The lowest BCUT2D eigenvalue weighted by Crippen LogP contribution is -2.42. The van der Waals surface area contributed by atoms with Crippen LogP contribution in [0.5, 0.6) is 0 Å². The van der Waals surface area contributed by atoms with Crippen LogP contribution >= 0.6 is 0 Å². The zero-order chi connectivity index (χ0) is 12.3. The van der Waals surface area contributed by atoms with Gasteiger partial charge in [-0.3, -0.25) is 4.79 Å². The van der Waals surface area contributed by atoms with E-state index in [2.05, 4.69) is 24.9 Å².